The molecule has 0 radical (unpaired) electrons. The quantitative estimate of drug-likeness (QED) is 0.428. The Morgan fingerprint density at radius 1 is 1.08 bits per heavy atom. The predicted molar refractivity (Wildman–Crippen MR) is 151 cm³/mol. The molecule has 1 aliphatic carbocycles. The number of carbonyl (C=O) groups excluding carboxylic acids is 2. The Hall–Kier alpha value is -3.07. The van der Waals surface area contributed by atoms with Gasteiger partial charge >= 0.3 is 0 Å². The van der Waals surface area contributed by atoms with E-state index in [0.717, 1.165) is 43.1 Å². The summed E-state index contributed by atoms with van der Waals surface area (Å²) >= 11 is 0. The fourth-order valence-corrected chi connectivity index (χ4v) is 5.77. The molecule has 0 aromatic heterocycles. The molecule has 1 fully saturated rings. The largest absolute Gasteiger partial charge is 0.497 e. The Morgan fingerprint density at radius 2 is 1.76 bits per heavy atom. The van der Waals surface area contributed by atoms with Crippen LogP contribution in [0.2, 0.25) is 0 Å². The lowest BCUT2D eigenvalue weighted by Gasteiger charge is -2.31. The Morgan fingerprint density at radius 3 is 2.39 bits per heavy atom. The number of benzene rings is 2. The second kappa shape index (κ2) is 13.6. The number of sulfonamides is 1. The van der Waals surface area contributed by atoms with E-state index in [1.807, 2.05) is 31.2 Å². The maximum atomic E-state index is 13.5. The SMILES string of the molecule is COc1cccc(N(CCCC(=O)N(Cc2ccc(C)cc2)[C@H](C)C(=O)NC2CCCCC2)S(C)(=O)=O)c1. The van der Waals surface area contributed by atoms with Gasteiger partial charge in [0, 0.05) is 31.6 Å². The Labute approximate surface area is 227 Å². The summed E-state index contributed by atoms with van der Waals surface area (Å²) in [5, 5.41) is 3.14. The second-order valence-corrected chi connectivity index (χ2v) is 12.1. The van der Waals surface area contributed by atoms with Crippen LogP contribution in [0.25, 0.3) is 0 Å². The van der Waals surface area contributed by atoms with Crippen LogP contribution in [0.5, 0.6) is 5.75 Å². The van der Waals surface area contributed by atoms with Gasteiger partial charge in [0.05, 0.1) is 19.1 Å². The highest BCUT2D eigenvalue weighted by molar-refractivity contribution is 7.92. The molecule has 2 aromatic carbocycles. The molecule has 0 aliphatic heterocycles. The lowest BCUT2D eigenvalue weighted by molar-refractivity contribution is -0.141. The number of hydrogen-bond donors (Lipinski definition) is 1. The van der Waals surface area contributed by atoms with E-state index in [9.17, 15) is 18.0 Å². The number of carbonyl (C=O) groups is 2. The molecule has 2 aromatic rings. The fourth-order valence-electron chi connectivity index (χ4n) is 4.81. The van der Waals surface area contributed by atoms with Crippen molar-refractivity contribution in [2.45, 2.75) is 77.4 Å². The number of methoxy groups -OCH3 is 1. The van der Waals surface area contributed by atoms with Crippen LogP contribution in [-0.2, 0) is 26.2 Å². The van der Waals surface area contributed by atoms with E-state index >= 15 is 0 Å². The zero-order valence-corrected chi connectivity index (χ0v) is 23.8. The molecule has 208 valence electrons. The standard InChI is InChI=1S/C29H41N3O5S/c1-22-15-17-24(18-16-22)21-31(23(2)29(34)30-25-10-6-5-7-11-25)28(33)14-9-19-32(38(4,35)36)26-12-8-13-27(20-26)37-3/h8,12-13,15-18,20,23,25H,5-7,9-11,14,19,21H2,1-4H3,(H,30,34)/t23-/m1/s1. The summed E-state index contributed by atoms with van der Waals surface area (Å²) < 4.78 is 31.6. The Balaban J connectivity index is 1.71. The van der Waals surface area contributed by atoms with Crippen LogP contribution in [0.3, 0.4) is 0 Å². The summed E-state index contributed by atoms with van der Waals surface area (Å²) in [6, 6.07) is 14.3. The van der Waals surface area contributed by atoms with E-state index in [1.165, 1.54) is 17.8 Å². The van der Waals surface area contributed by atoms with Gasteiger partial charge in [-0.3, -0.25) is 13.9 Å². The molecule has 9 heteroatoms. The molecule has 8 nitrogen and oxygen atoms in total. The van der Waals surface area contributed by atoms with Crippen molar-refractivity contribution in [1.29, 1.82) is 0 Å². The first-order valence-electron chi connectivity index (χ1n) is 13.4. The van der Waals surface area contributed by atoms with E-state index in [0.29, 0.717) is 24.4 Å². The molecule has 3 rings (SSSR count). The highest BCUT2D eigenvalue weighted by Crippen LogP contribution is 2.24. The molecule has 0 unspecified atom stereocenters. The summed E-state index contributed by atoms with van der Waals surface area (Å²) in [5.41, 5.74) is 2.54. The number of nitrogens with zero attached hydrogens (tertiary/aromatic N) is 2. The van der Waals surface area contributed by atoms with Gasteiger partial charge in [-0.25, -0.2) is 8.42 Å². The van der Waals surface area contributed by atoms with Crippen LogP contribution < -0.4 is 14.4 Å². The molecule has 1 atom stereocenters. The monoisotopic (exact) mass is 543 g/mol. The van der Waals surface area contributed by atoms with Crippen molar-refractivity contribution in [3.05, 3.63) is 59.7 Å². The van der Waals surface area contributed by atoms with Crippen molar-refractivity contribution in [2.75, 3.05) is 24.2 Å². The average Bonchev–Trinajstić information content (AvgIpc) is 2.90. The van der Waals surface area contributed by atoms with Gasteiger partial charge in [0.1, 0.15) is 11.8 Å². The molecular formula is C29H41N3O5S. The van der Waals surface area contributed by atoms with E-state index in [-0.39, 0.29) is 30.8 Å². The minimum Gasteiger partial charge on any atom is -0.497 e. The summed E-state index contributed by atoms with van der Waals surface area (Å²) in [6.07, 6.45) is 6.92. The van der Waals surface area contributed by atoms with Crippen LogP contribution in [0.1, 0.15) is 63.0 Å². The number of ether oxygens (including phenoxy) is 1. The molecule has 0 bridgehead atoms. The van der Waals surface area contributed by atoms with Crippen molar-refractivity contribution < 1.29 is 22.7 Å². The maximum absolute atomic E-state index is 13.5. The number of amides is 2. The number of nitrogens with one attached hydrogen (secondary N) is 1. The normalized spacial score (nSPS) is 14.9. The van der Waals surface area contributed by atoms with Crippen LogP contribution in [-0.4, -0.2) is 57.1 Å². The van der Waals surface area contributed by atoms with Gasteiger partial charge in [0.15, 0.2) is 0 Å². The van der Waals surface area contributed by atoms with E-state index in [1.54, 1.807) is 36.1 Å². The highest BCUT2D eigenvalue weighted by atomic mass is 32.2. The average molecular weight is 544 g/mol. The first-order chi connectivity index (χ1) is 18.1. The van der Waals surface area contributed by atoms with Gasteiger partial charge in [-0.05, 0) is 50.8 Å². The Kier molecular flexibility index (Phi) is 10.6. The molecule has 1 aliphatic rings. The van der Waals surface area contributed by atoms with E-state index < -0.39 is 16.1 Å². The molecule has 2 amide bonds. The van der Waals surface area contributed by atoms with Gasteiger partial charge in [-0.2, -0.15) is 0 Å². The highest BCUT2D eigenvalue weighted by Gasteiger charge is 2.28. The smallest absolute Gasteiger partial charge is 0.242 e. The van der Waals surface area contributed by atoms with Crippen LogP contribution in [0.15, 0.2) is 48.5 Å². The summed E-state index contributed by atoms with van der Waals surface area (Å²) in [6.45, 7) is 4.22. The molecular weight excluding hydrogens is 502 g/mol. The lowest BCUT2D eigenvalue weighted by Crippen LogP contribution is -2.50. The third kappa shape index (κ3) is 8.48. The summed E-state index contributed by atoms with van der Waals surface area (Å²) in [5.74, 6) is 0.219. The van der Waals surface area contributed by atoms with E-state index in [4.69, 9.17) is 4.74 Å². The Bertz CT molecular complexity index is 1180. The molecule has 1 saturated carbocycles. The zero-order valence-electron chi connectivity index (χ0n) is 23.0. The van der Waals surface area contributed by atoms with Crippen molar-refractivity contribution >= 4 is 27.5 Å². The molecule has 0 saturated heterocycles. The fraction of sp³-hybridized carbons (Fsp3) is 0.517. The first-order valence-corrected chi connectivity index (χ1v) is 15.2. The number of aryl methyl sites for hydroxylation is 1. The maximum Gasteiger partial charge on any atom is 0.242 e. The van der Waals surface area contributed by atoms with Crippen LogP contribution >= 0.6 is 0 Å². The van der Waals surface area contributed by atoms with Gasteiger partial charge in [0.2, 0.25) is 21.8 Å². The number of rotatable bonds is 12. The predicted octanol–water partition coefficient (Wildman–Crippen LogP) is 4.42. The zero-order chi connectivity index (χ0) is 27.7. The van der Waals surface area contributed by atoms with E-state index in [2.05, 4.69) is 5.32 Å². The van der Waals surface area contributed by atoms with Crippen molar-refractivity contribution in [1.82, 2.24) is 10.2 Å². The third-order valence-corrected chi connectivity index (χ3v) is 8.28. The van der Waals surface area contributed by atoms with Crippen molar-refractivity contribution in [2.24, 2.45) is 0 Å². The van der Waals surface area contributed by atoms with Gasteiger partial charge in [0.25, 0.3) is 0 Å². The lowest BCUT2D eigenvalue weighted by atomic mass is 9.95. The third-order valence-electron chi connectivity index (χ3n) is 7.09. The molecule has 1 N–H and O–H groups in total. The minimum atomic E-state index is -3.57. The van der Waals surface area contributed by atoms with Crippen LogP contribution in [0.4, 0.5) is 5.69 Å². The molecule has 0 heterocycles. The summed E-state index contributed by atoms with van der Waals surface area (Å²) in [7, 11) is -2.05. The van der Waals surface area contributed by atoms with Gasteiger partial charge < -0.3 is 15.0 Å². The van der Waals surface area contributed by atoms with Crippen LogP contribution in [0, 0.1) is 6.92 Å². The van der Waals surface area contributed by atoms with Crippen molar-refractivity contribution in [3.8, 4) is 5.75 Å². The van der Waals surface area contributed by atoms with Gasteiger partial charge in [-0.15, -0.1) is 0 Å². The molecule has 38 heavy (non-hydrogen) atoms. The van der Waals surface area contributed by atoms with Crippen molar-refractivity contribution in [3.63, 3.8) is 0 Å². The topological polar surface area (TPSA) is 96.0 Å². The van der Waals surface area contributed by atoms with Gasteiger partial charge in [-0.1, -0.05) is 55.2 Å². The first kappa shape index (κ1) is 29.5. The number of anilines is 1. The number of hydrogen-bond acceptors (Lipinski definition) is 5. The molecule has 0 spiro atoms. The summed E-state index contributed by atoms with van der Waals surface area (Å²) in [4.78, 5) is 28.2. The minimum absolute atomic E-state index is 0.114. The second-order valence-electron chi connectivity index (χ2n) is 10.2.